The van der Waals surface area contributed by atoms with Gasteiger partial charge < -0.3 is 5.32 Å². The molecule has 170 valence electrons. The molecule has 32 heavy (non-hydrogen) atoms. The Balaban J connectivity index is 1.89. The van der Waals surface area contributed by atoms with Crippen LogP contribution in [0.2, 0.25) is 0 Å². The third kappa shape index (κ3) is 5.19. The Morgan fingerprint density at radius 2 is 1.69 bits per heavy atom. The van der Waals surface area contributed by atoms with E-state index in [0.717, 1.165) is 35.1 Å². The number of aromatic nitrogens is 2. The molecule has 1 unspecified atom stereocenters. The standard InChI is InChI=1S/C24H27F3N4O/c1-4-30(5-2)21(18-9-7-6-8-10-18)16-28-23(32)20-15-29-31(22(20)24(25,26)27)19-13-11-17(3)12-14-19/h6-15,21H,4-5,16H2,1-3H3,(H,28,32). The average molecular weight is 445 g/mol. The van der Waals surface area contributed by atoms with E-state index in [1.54, 1.807) is 24.3 Å². The van der Waals surface area contributed by atoms with Crippen LogP contribution in [-0.4, -0.2) is 40.2 Å². The first kappa shape index (κ1) is 23.5. The van der Waals surface area contributed by atoms with Crippen molar-refractivity contribution in [1.29, 1.82) is 0 Å². The van der Waals surface area contributed by atoms with Crippen LogP contribution in [0.1, 0.15) is 47.1 Å². The number of carbonyl (C=O) groups is 1. The van der Waals surface area contributed by atoms with Crippen molar-refractivity contribution in [2.45, 2.75) is 33.0 Å². The van der Waals surface area contributed by atoms with Crippen LogP contribution in [0.4, 0.5) is 13.2 Å². The Morgan fingerprint density at radius 3 is 2.25 bits per heavy atom. The molecule has 0 radical (unpaired) electrons. The summed E-state index contributed by atoms with van der Waals surface area (Å²) in [7, 11) is 0. The maximum Gasteiger partial charge on any atom is 0.434 e. The molecule has 1 amide bonds. The lowest BCUT2D eigenvalue weighted by Gasteiger charge is -2.30. The minimum Gasteiger partial charge on any atom is -0.350 e. The van der Waals surface area contributed by atoms with Gasteiger partial charge in [0, 0.05) is 6.54 Å². The van der Waals surface area contributed by atoms with Gasteiger partial charge in [0.15, 0.2) is 5.69 Å². The molecule has 0 fully saturated rings. The van der Waals surface area contributed by atoms with Crippen LogP contribution in [0.25, 0.3) is 5.69 Å². The molecule has 0 saturated carbocycles. The van der Waals surface area contributed by atoms with Crippen LogP contribution in [-0.2, 0) is 6.18 Å². The van der Waals surface area contributed by atoms with Crippen molar-refractivity contribution in [3.05, 3.63) is 83.2 Å². The van der Waals surface area contributed by atoms with Gasteiger partial charge in [0.25, 0.3) is 5.91 Å². The van der Waals surface area contributed by atoms with Gasteiger partial charge in [0.2, 0.25) is 0 Å². The number of amides is 1. The molecule has 1 aromatic heterocycles. The summed E-state index contributed by atoms with van der Waals surface area (Å²) in [6.45, 7) is 7.52. The molecular formula is C24H27F3N4O. The van der Waals surface area contributed by atoms with Crippen LogP contribution in [0.15, 0.2) is 60.8 Å². The monoisotopic (exact) mass is 444 g/mol. The highest BCUT2D eigenvalue weighted by Gasteiger charge is 2.40. The first-order valence-corrected chi connectivity index (χ1v) is 10.6. The first-order chi connectivity index (χ1) is 15.3. The predicted molar refractivity (Wildman–Crippen MR) is 118 cm³/mol. The number of halogens is 3. The Hall–Kier alpha value is -3.13. The zero-order chi connectivity index (χ0) is 23.3. The lowest BCUT2D eigenvalue weighted by molar-refractivity contribution is -0.143. The van der Waals surface area contributed by atoms with Gasteiger partial charge >= 0.3 is 6.18 Å². The SMILES string of the molecule is CCN(CC)C(CNC(=O)c1cnn(-c2ccc(C)cc2)c1C(F)(F)F)c1ccccc1. The van der Waals surface area contributed by atoms with Crippen molar-refractivity contribution in [3.8, 4) is 5.69 Å². The van der Waals surface area contributed by atoms with Crippen LogP contribution in [0.3, 0.4) is 0 Å². The fourth-order valence-electron chi connectivity index (χ4n) is 3.75. The average Bonchev–Trinajstić information content (AvgIpc) is 3.23. The second kappa shape index (κ2) is 9.99. The number of hydrogen-bond acceptors (Lipinski definition) is 3. The van der Waals surface area contributed by atoms with Crippen LogP contribution in [0.5, 0.6) is 0 Å². The van der Waals surface area contributed by atoms with Gasteiger partial charge in [-0.15, -0.1) is 0 Å². The number of hydrogen-bond donors (Lipinski definition) is 1. The summed E-state index contributed by atoms with van der Waals surface area (Å²) in [5.74, 6) is -0.802. The molecule has 5 nitrogen and oxygen atoms in total. The molecule has 0 aliphatic heterocycles. The molecule has 0 saturated heterocycles. The van der Waals surface area contributed by atoms with Gasteiger partial charge in [-0.25, -0.2) is 4.68 Å². The Kier molecular flexibility index (Phi) is 7.35. The van der Waals surface area contributed by atoms with Crippen molar-refractivity contribution < 1.29 is 18.0 Å². The van der Waals surface area contributed by atoms with E-state index in [1.165, 1.54) is 0 Å². The number of nitrogens with zero attached hydrogens (tertiary/aromatic N) is 3. The van der Waals surface area contributed by atoms with Crippen molar-refractivity contribution in [2.75, 3.05) is 19.6 Å². The molecule has 0 spiro atoms. The summed E-state index contributed by atoms with van der Waals surface area (Å²) < 4.78 is 42.5. The number of rotatable bonds is 8. The molecule has 0 aliphatic carbocycles. The lowest BCUT2D eigenvalue weighted by Crippen LogP contribution is -2.38. The van der Waals surface area contributed by atoms with Gasteiger partial charge in [-0.05, 0) is 37.7 Å². The summed E-state index contributed by atoms with van der Waals surface area (Å²) in [6, 6.07) is 15.9. The van der Waals surface area contributed by atoms with E-state index in [4.69, 9.17) is 0 Å². The smallest absolute Gasteiger partial charge is 0.350 e. The minimum atomic E-state index is -4.74. The Labute approximate surface area is 185 Å². The fraction of sp³-hybridized carbons (Fsp3) is 0.333. The molecule has 3 rings (SSSR count). The molecule has 1 heterocycles. The van der Waals surface area contributed by atoms with E-state index < -0.39 is 23.3 Å². The third-order valence-electron chi connectivity index (χ3n) is 5.45. The van der Waals surface area contributed by atoms with Crippen molar-refractivity contribution >= 4 is 5.91 Å². The Bertz CT molecular complexity index is 1030. The molecular weight excluding hydrogens is 417 g/mol. The van der Waals surface area contributed by atoms with Crippen molar-refractivity contribution in [1.82, 2.24) is 20.0 Å². The summed E-state index contributed by atoms with van der Waals surface area (Å²) >= 11 is 0. The van der Waals surface area contributed by atoms with Crippen LogP contribution in [0, 0.1) is 6.92 Å². The maximum absolute atomic E-state index is 13.9. The number of aryl methyl sites for hydroxylation is 1. The number of nitrogens with one attached hydrogen (secondary N) is 1. The highest BCUT2D eigenvalue weighted by atomic mass is 19.4. The van der Waals surface area contributed by atoms with E-state index in [0.29, 0.717) is 0 Å². The summed E-state index contributed by atoms with van der Waals surface area (Å²) in [4.78, 5) is 15.0. The van der Waals surface area contributed by atoms with Gasteiger partial charge in [0.05, 0.1) is 23.5 Å². The van der Waals surface area contributed by atoms with E-state index in [1.807, 2.05) is 51.1 Å². The van der Waals surface area contributed by atoms with Crippen LogP contribution < -0.4 is 5.32 Å². The summed E-state index contributed by atoms with van der Waals surface area (Å²) in [6.07, 6.45) is -3.77. The second-order valence-corrected chi connectivity index (χ2v) is 7.51. The van der Waals surface area contributed by atoms with Crippen LogP contribution >= 0.6 is 0 Å². The fourth-order valence-corrected chi connectivity index (χ4v) is 3.75. The molecule has 0 bridgehead atoms. The van der Waals surface area contributed by atoms with E-state index in [2.05, 4.69) is 15.3 Å². The number of alkyl halides is 3. The summed E-state index contributed by atoms with van der Waals surface area (Å²) in [5.41, 5.74) is 0.563. The van der Waals surface area contributed by atoms with Crippen molar-refractivity contribution in [3.63, 3.8) is 0 Å². The normalized spacial score (nSPS) is 12.7. The molecule has 1 atom stereocenters. The second-order valence-electron chi connectivity index (χ2n) is 7.51. The Morgan fingerprint density at radius 1 is 1.06 bits per heavy atom. The predicted octanol–water partition coefficient (Wildman–Crippen LogP) is 5.01. The maximum atomic E-state index is 13.9. The zero-order valence-corrected chi connectivity index (χ0v) is 18.4. The third-order valence-corrected chi connectivity index (χ3v) is 5.45. The van der Waals surface area contributed by atoms with Gasteiger partial charge in [-0.3, -0.25) is 9.69 Å². The van der Waals surface area contributed by atoms with E-state index in [9.17, 15) is 18.0 Å². The van der Waals surface area contributed by atoms with Gasteiger partial charge in [-0.2, -0.15) is 18.3 Å². The molecule has 0 aliphatic rings. The lowest BCUT2D eigenvalue weighted by atomic mass is 10.0. The number of likely N-dealkylation sites (N-methyl/N-ethyl adjacent to an activating group) is 1. The molecule has 2 aromatic carbocycles. The highest BCUT2D eigenvalue weighted by Crippen LogP contribution is 2.33. The van der Waals surface area contributed by atoms with Gasteiger partial charge in [0.1, 0.15) is 0 Å². The molecule has 3 aromatic rings. The van der Waals surface area contributed by atoms with E-state index in [-0.39, 0.29) is 18.3 Å². The van der Waals surface area contributed by atoms with Crippen molar-refractivity contribution in [2.24, 2.45) is 0 Å². The largest absolute Gasteiger partial charge is 0.434 e. The molecule has 8 heteroatoms. The summed E-state index contributed by atoms with van der Waals surface area (Å²) in [5, 5.41) is 6.58. The molecule has 1 N–H and O–H groups in total. The number of carbonyl (C=O) groups excluding carboxylic acids is 1. The van der Waals surface area contributed by atoms with Gasteiger partial charge in [-0.1, -0.05) is 61.9 Å². The quantitative estimate of drug-likeness (QED) is 0.531. The zero-order valence-electron chi connectivity index (χ0n) is 18.4. The highest BCUT2D eigenvalue weighted by molar-refractivity contribution is 5.95. The first-order valence-electron chi connectivity index (χ1n) is 10.6. The van der Waals surface area contributed by atoms with E-state index >= 15 is 0 Å². The number of benzene rings is 2. The minimum absolute atomic E-state index is 0.156. The topological polar surface area (TPSA) is 50.2 Å².